The van der Waals surface area contributed by atoms with Gasteiger partial charge in [0.25, 0.3) is 5.91 Å². The van der Waals surface area contributed by atoms with Gasteiger partial charge < -0.3 is 20.7 Å². The van der Waals surface area contributed by atoms with Crippen LogP contribution < -0.4 is 16.0 Å². The van der Waals surface area contributed by atoms with E-state index >= 15 is 0 Å². The largest absolute Gasteiger partial charge is 0.379 e. The fourth-order valence-corrected chi connectivity index (χ4v) is 5.79. The molecule has 0 bridgehead atoms. The first-order valence-corrected chi connectivity index (χ1v) is 13.7. The maximum atomic E-state index is 13.6. The normalized spacial score (nSPS) is 13.3. The fourth-order valence-electron chi connectivity index (χ4n) is 4.82. The summed E-state index contributed by atoms with van der Waals surface area (Å²) in [5.74, 6) is -2.01. The highest BCUT2D eigenvalue weighted by Gasteiger charge is 2.47. The summed E-state index contributed by atoms with van der Waals surface area (Å²) in [5.41, 5.74) is 2.68. The van der Waals surface area contributed by atoms with E-state index in [2.05, 4.69) is 52.3 Å². The lowest BCUT2D eigenvalue weighted by molar-refractivity contribution is -0.139. The Morgan fingerprint density at radius 1 is 0.975 bits per heavy atom. The number of ether oxygens (including phenoxy) is 1. The highest BCUT2D eigenvalue weighted by molar-refractivity contribution is 7.15. The Kier molecular flexibility index (Phi) is 7.91. The summed E-state index contributed by atoms with van der Waals surface area (Å²) in [4.78, 5) is 39.8. The first-order chi connectivity index (χ1) is 19.4. The quantitative estimate of drug-likeness (QED) is 0.210. The minimum atomic E-state index is -0.896. The molecule has 0 saturated heterocycles. The predicted molar refractivity (Wildman–Crippen MR) is 153 cm³/mol. The molecule has 3 N–H and O–H groups in total. The molecule has 40 heavy (non-hydrogen) atoms. The number of nitrogens with one attached hydrogen (secondary N) is 3. The van der Waals surface area contributed by atoms with Crippen LogP contribution in [0.3, 0.4) is 0 Å². The van der Waals surface area contributed by atoms with E-state index in [1.165, 1.54) is 0 Å². The minimum Gasteiger partial charge on any atom is -0.379 e. The van der Waals surface area contributed by atoms with Crippen molar-refractivity contribution in [3.05, 3.63) is 94.4 Å². The van der Waals surface area contributed by atoms with Crippen molar-refractivity contribution in [3.8, 4) is 16.5 Å². The van der Waals surface area contributed by atoms with Gasteiger partial charge in [0.2, 0.25) is 0 Å². The van der Waals surface area contributed by atoms with E-state index in [9.17, 15) is 14.4 Å². The second-order valence-corrected chi connectivity index (χ2v) is 10.8. The Bertz CT molecular complexity index is 1630. The lowest BCUT2D eigenvalue weighted by Gasteiger charge is -2.22. The zero-order valence-corrected chi connectivity index (χ0v) is 22.8. The first kappa shape index (κ1) is 27.1. The molecule has 0 aliphatic heterocycles. The summed E-state index contributed by atoms with van der Waals surface area (Å²) in [5, 5.41) is 18.8. The van der Waals surface area contributed by atoms with E-state index in [4.69, 9.17) is 10.00 Å². The molecule has 0 spiro atoms. The van der Waals surface area contributed by atoms with Crippen molar-refractivity contribution >= 4 is 39.8 Å². The average Bonchev–Trinajstić information content (AvgIpc) is 3.60. The molecule has 0 radical (unpaired) electrons. The van der Waals surface area contributed by atoms with Crippen LogP contribution in [0, 0.1) is 11.3 Å². The van der Waals surface area contributed by atoms with E-state index in [1.807, 2.05) is 12.1 Å². The van der Waals surface area contributed by atoms with Crippen LogP contribution in [-0.4, -0.2) is 31.4 Å². The third kappa shape index (κ3) is 5.73. The smallest absolute Gasteiger partial charge is 0.310 e. The number of hydrogen-bond donors (Lipinski definition) is 3. The monoisotopic (exact) mass is 552 g/mol. The van der Waals surface area contributed by atoms with Gasteiger partial charge in [0.15, 0.2) is 0 Å². The fraction of sp³-hybridized carbons (Fsp3) is 0.226. The Morgan fingerprint density at radius 2 is 1.73 bits per heavy atom. The van der Waals surface area contributed by atoms with Gasteiger partial charge in [-0.05, 0) is 70.6 Å². The molecule has 202 valence electrons. The summed E-state index contributed by atoms with van der Waals surface area (Å²) in [6, 6.07) is 25.5. The van der Waals surface area contributed by atoms with Crippen LogP contribution in [0.15, 0.2) is 72.8 Å². The summed E-state index contributed by atoms with van der Waals surface area (Å²) in [6.45, 7) is 0.301. The third-order valence-corrected chi connectivity index (χ3v) is 8.06. The SMILES string of the molecule is COCc1ccc(-c2cc(C3(NC(=O)c4ccccc4CNC(=O)C(=O)NCC#N)CC3)c3ccccc3c2)s1. The molecule has 1 saturated carbocycles. The minimum absolute atomic E-state index is 0.00397. The predicted octanol–water partition coefficient (Wildman–Crippen LogP) is 4.39. The lowest BCUT2D eigenvalue weighted by Crippen LogP contribution is -2.40. The molecule has 1 heterocycles. The van der Waals surface area contributed by atoms with E-state index in [0.717, 1.165) is 44.5 Å². The van der Waals surface area contributed by atoms with Crippen LogP contribution in [0.5, 0.6) is 0 Å². The average molecular weight is 553 g/mol. The van der Waals surface area contributed by atoms with Gasteiger partial charge in [0, 0.05) is 29.0 Å². The molecule has 0 unspecified atom stereocenters. The van der Waals surface area contributed by atoms with Gasteiger partial charge in [-0.3, -0.25) is 14.4 Å². The van der Waals surface area contributed by atoms with Crippen LogP contribution in [0.1, 0.15) is 39.2 Å². The maximum absolute atomic E-state index is 13.6. The van der Waals surface area contributed by atoms with E-state index in [-0.39, 0.29) is 19.0 Å². The molecule has 3 aromatic carbocycles. The van der Waals surface area contributed by atoms with Crippen LogP contribution in [0.2, 0.25) is 0 Å². The van der Waals surface area contributed by atoms with Gasteiger partial charge in [-0.2, -0.15) is 5.26 Å². The Hall–Kier alpha value is -4.52. The molecule has 1 fully saturated rings. The van der Waals surface area contributed by atoms with Crippen LogP contribution in [0.25, 0.3) is 21.2 Å². The molecular formula is C31H28N4O4S. The number of fused-ring (bicyclic) bond motifs is 1. The summed E-state index contributed by atoms with van der Waals surface area (Å²) < 4.78 is 5.30. The lowest BCUT2D eigenvalue weighted by atomic mass is 9.93. The van der Waals surface area contributed by atoms with Gasteiger partial charge in [-0.25, -0.2) is 0 Å². The number of nitriles is 1. The molecule has 3 amide bonds. The van der Waals surface area contributed by atoms with E-state index < -0.39 is 17.4 Å². The van der Waals surface area contributed by atoms with Crippen molar-refractivity contribution < 1.29 is 19.1 Å². The summed E-state index contributed by atoms with van der Waals surface area (Å²) in [6.07, 6.45) is 1.62. The molecule has 1 aromatic heterocycles. The van der Waals surface area contributed by atoms with Gasteiger partial charge in [-0.15, -0.1) is 11.3 Å². The summed E-state index contributed by atoms with van der Waals surface area (Å²) in [7, 11) is 1.69. The molecule has 5 rings (SSSR count). The molecule has 1 aliphatic rings. The highest BCUT2D eigenvalue weighted by atomic mass is 32.1. The summed E-state index contributed by atoms with van der Waals surface area (Å²) >= 11 is 1.69. The van der Waals surface area contributed by atoms with Crippen molar-refractivity contribution in [2.45, 2.75) is 31.5 Å². The third-order valence-electron chi connectivity index (χ3n) is 6.95. The van der Waals surface area contributed by atoms with Crippen LogP contribution >= 0.6 is 11.3 Å². The van der Waals surface area contributed by atoms with Gasteiger partial charge in [0.05, 0.1) is 18.2 Å². The van der Waals surface area contributed by atoms with Crippen LogP contribution in [0.4, 0.5) is 0 Å². The number of methoxy groups -OCH3 is 1. The number of hydrogen-bond acceptors (Lipinski definition) is 6. The van der Waals surface area contributed by atoms with Gasteiger partial charge >= 0.3 is 11.8 Å². The van der Waals surface area contributed by atoms with Crippen molar-refractivity contribution in [1.29, 1.82) is 5.26 Å². The van der Waals surface area contributed by atoms with Gasteiger partial charge in [0.1, 0.15) is 6.54 Å². The van der Waals surface area contributed by atoms with E-state index in [1.54, 1.807) is 48.8 Å². The van der Waals surface area contributed by atoms with Crippen LogP contribution in [-0.2, 0) is 33.0 Å². The number of nitrogens with zero attached hydrogens (tertiary/aromatic N) is 1. The zero-order chi connectivity index (χ0) is 28.1. The number of rotatable bonds is 9. The number of carbonyl (C=O) groups is 3. The maximum Gasteiger partial charge on any atom is 0.310 e. The van der Waals surface area contributed by atoms with Crippen molar-refractivity contribution in [1.82, 2.24) is 16.0 Å². The molecular weight excluding hydrogens is 524 g/mol. The molecule has 1 aliphatic carbocycles. The van der Waals surface area contributed by atoms with Crippen molar-refractivity contribution in [2.75, 3.05) is 13.7 Å². The zero-order valence-electron chi connectivity index (χ0n) is 22.0. The number of benzene rings is 3. The Labute approximate surface area is 236 Å². The molecule has 0 atom stereocenters. The first-order valence-electron chi connectivity index (χ1n) is 12.9. The molecule has 9 heteroatoms. The number of thiophene rings is 1. The Balaban J connectivity index is 1.40. The Morgan fingerprint density at radius 3 is 2.50 bits per heavy atom. The van der Waals surface area contributed by atoms with E-state index in [0.29, 0.717) is 17.7 Å². The topological polar surface area (TPSA) is 120 Å². The second kappa shape index (κ2) is 11.7. The highest BCUT2D eigenvalue weighted by Crippen LogP contribution is 2.49. The number of carbonyl (C=O) groups excluding carboxylic acids is 3. The standard InChI is InChI=1S/C31H28N4O4S/c1-39-19-23-10-11-27(40-23)22-16-20-6-2-4-8-24(20)26(17-22)31(12-13-31)35-28(36)25-9-5-3-7-21(25)18-34-30(38)29(37)33-15-14-32/h2-11,16-17H,12-13,15,18-19H2,1H3,(H,33,37)(H,34,38)(H,35,36). The van der Waals surface area contributed by atoms with Crippen molar-refractivity contribution in [2.24, 2.45) is 0 Å². The second-order valence-electron chi connectivity index (χ2n) is 9.66. The van der Waals surface area contributed by atoms with Gasteiger partial charge in [-0.1, -0.05) is 42.5 Å². The number of amides is 3. The molecule has 4 aromatic rings. The van der Waals surface area contributed by atoms with Crippen molar-refractivity contribution in [3.63, 3.8) is 0 Å². The molecule has 8 nitrogen and oxygen atoms in total.